The van der Waals surface area contributed by atoms with Crippen LogP contribution in [0.15, 0.2) is 17.2 Å². The highest BCUT2D eigenvalue weighted by Crippen LogP contribution is 2.61. The molecular formula is C21H31N3O3S2. The number of rotatable bonds is 5. The molecule has 1 unspecified atom stereocenters. The van der Waals surface area contributed by atoms with Crippen molar-refractivity contribution in [2.45, 2.75) is 56.4 Å². The number of sulfonamides is 1. The third-order valence-corrected chi connectivity index (χ3v) is 10.7. The highest BCUT2D eigenvalue weighted by atomic mass is 32.2. The second-order valence-electron chi connectivity index (χ2n) is 9.74. The predicted molar refractivity (Wildman–Crippen MR) is 114 cm³/mol. The Balaban J connectivity index is 1.28. The summed E-state index contributed by atoms with van der Waals surface area (Å²) in [6.07, 6.45) is 9.31. The number of thioether (sulfide) groups is 1. The van der Waals surface area contributed by atoms with E-state index >= 15 is 0 Å². The largest absolute Gasteiger partial charge is 0.356 e. The molecular weight excluding hydrogens is 406 g/mol. The molecule has 1 atom stereocenters. The SMILES string of the molecule is CC(NC(=O)c1cc(S(=O)(=O)N2CCSCC2)c[nH]1)C12CC3CC(CC(C3)C1)C2. The normalized spacial score (nSPS) is 35.6. The predicted octanol–water partition coefficient (Wildman–Crippen LogP) is 3.09. The Labute approximate surface area is 177 Å². The summed E-state index contributed by atoms with van der Waals surface area (Å²) in [6, 6.07) is 1.62. The van der Waals surface area contributed by atoms with Crippen molar-refractivity contribution < 1.29 is 13.2 Å². The summed E-state index contributed by atoms with van der Waals surface area (Å²) in [7, 11) is -3.53. The number of aromatic amines is 1. The molecule has 5 aliphatic rings. The minimum atomic E-state index is -3.53. The lowest BCUT2D eigenvalue weighted by Crippen LogP contribution is -2.55. The lowest BCUT2D eigenvalue weighted by molar-refractivity contribution is -0.0688. The first-order valence-electron chi connectivity index (χ1n) is 10.9. The van der Waals surface area contributed by atoms with Gasteiger partial charge >= 0.3 is 0 Å². The van der Waals surface area contributed by atoms with Crippen molar-refractivity contribution in [2.75, 3.05) is 24.6 Å². The van der Waals surface area contributed by atoms with Crippen LogP contribution < -0.4 is 5.32 Å². The van der Waals surface area contributed by atoms with Crippen LogP contribution in [0.3, 0.4) is 0 Å². The van der Waals surface area contributed by atoms with E-state index in [1.165, 1.54) is 55.1 Å². The van der Waals surface area contributed by atoms with Crippen molar-refractivity contribution in [3.63, 3.8) is 0 Å². The number of hydrogen-bond acceptors (Lipinski definition) is 4. The van der Waals surface area contributed by atoms with Crippen molar-refractivity contribution in [3.8, 4) is 0 Å². The summed E-state index contributed by atoms with van der Waals surface area (Å²) < 4.78 is 27.2. The van der Waals surface area contributed by atoms with Crippen molar-refractivity contribution >= 4 is 27.7 Å². The van der Waals surface area contributed by atoms with Crippen LogP contribution in [0.25, 0.3) is 0 Å². The first-order valence-corrected chi connectivity index (χ1v) is 13.5. The van der Waals surface area contributed by atoms with Gasteiger partial charge in [0.1, 0.15) is 10.6 Å². The summed E-state index contributed by atoms with van der Waals surface area (Å²) in [4.78, 5) is 16.0. The van der Waals surface area contributed by atoms with E-state index in [1.807, 2.05) is 0 Å². The molecule has 0 spiro atoms. The molecule has 1 aliphatic heterocycles. The van der Waals surface area contributed by atoms with Gasteiger partial charge in [0.15, 0.2) is 0 Å². The molecule has 5 fully saturated rings. The average Bonchev–Trinajstić information content (AvgIpc) is 3.19. The molecule has 29 heavy (non-hydrogen) atoms. The van der Waals surface area contributed by atoms with E-state index in [9.17, 15) is 13.2 Å². The fourth-order valence-electron chi connectivity index (χ4n) is 6.73. The number of H-pyrrole nitrogens is 1. The summed E-state index contributed by atoms with van der Waals surface area (Å²) in [5, 5.41) is 3.22. The van der Waals surface area contributed by atoms with Gasteiger partial charge in [-0.3, -0.25) is 4.79 Å². The van der Waals surface area contributed by atoms with E-state index in [-0.39, 0.29) is 22.3 Å². The van der Waals surface area contributed by atoms with Crippen LogP contribution in [0, 0.1) is 23.2 Å². The molecule has 2 N–H and O–H groups in total. The van der Waals surface area contributed by atoms with E-state index in [1.54, 1.807) is 11.8 Å². The quantitative estimate of drug-likeness (QED) is 0.742. The zero-order chi connectivity index (χ0) is 20.2. The minimum Gasteiger partial charge on any atom is -0.356 e. The number of aromatic nitrogens is 1. The maximum Gasteiger partial charge on any atom is 0.267 e. The topological polar surface area (TPSA) is 82.3 Å². The zero-order valence-corrected chi connectivity index (χ0v) is 18.7. The van der Waals surface area contributed by atoms with Crippen LogP contribution in [-0.2, 0) is 10.0 Å². The highest BCUT2D eigenvalue weighted by Gasteiger charge is 2.53. The maximum atomic E-state index is 12.9. The van der Waals surface area contributed by atoms with E-state index in [0.29, 0.717) is 18.8 Å². The molecule has 0 radical (unpaired) electrons. The number of nitrogens with zero attached hydrogens (tertiary/aromatic N) is 1. The fourth-order valence-corrected chi connectivity index (χ4v) is 9.30. The van der Waals surface area contributed by atoms with Crippen LogP contribution in [0.1, 0.15) is 55.9 Å². The molecule has 1 aromatic heterocycles. The van der Waals surface area contributed by atoms with Gasteiger partial charge in [0, 0.05) is 36.8 Å². The number of hydrogen-bond donors (Lipinski definition) is 2. The van der Waals surface area contributed by atoms with E-state index < -0.39 is 10.0 Å². The van der Waals surface area contributed by atoms with Crippen molar-refractivity contribution in [2.24, 2.45) is 23.2 Å². The van der Waals surface area contributed by atoms with Gasteiger partial charge in [0.25, 0.3) is 5.91 Å². The van der Waals surface area contributed by atoms with Gasteiger partial charge in [-0.25, -0.2) is 8.42 Å². The summed E-state index contributed by atoms with van der Waals surface area (Å²) in [5.74, 6) is 3.96. The molecule has 1 saturated heterocycles. The Morgan fingerprint density at radius 1 is 1.17 bits per heavy atom. The average molecular weight is 438 g/mol. The number of nitrogens with one attached hydrogen (secondary N) is 2. The van der Waals surface area contributed by atoms with Crippen LogP contribution in [0.2, 0.25) is 0 Å². The number of carbonyl (C=O) groups excluding carboxylic acids is 1. The molecule has 4 bridgehead atoms. The van der Waals surface area contributed by atoms with Crippen molar-refractivity contribution in [3.05, 3.63) is 18.0 Å². The zero-order valence-electron chi connectivity index (χ0n) is 17.0. The minimum absolute atomic E-state index is 0.117. The van der Waals surface area contributed by atoms with Gasteiger partial charge in [0.05, 0.1) is 0 Å². The van der Waals surface area contributed by atoms with Gasteiger partial charge < -0.3 is 10.3 Å². The molecule has 1 amide bonds. The highest BCUT2D eigenvalue weighted by molar-refractivity contribution is 7.99. The van der Waals surface area contributed by atoms with Crippen LogP contribution >= 0.6 is 11.8 Å². The molecule has 0 aromatic carbocycles. The molecule has 4 aliphatic carbocycles. The fraction of sp³-hybridized carbons (Fsp3) is 0.762. The lowest BCUT2D eigenvalue weighted by atomic mass is 9.48. The van der Waals surface area contributed by atoms with E-state index in [0.717, 1.165) is 29.3 Å². The van der Waals surface area contributed by atoms with E-state index in [4.69, 9.17) is 0 Å². The Kier molecular flexibility index (Phi) is 5.02. The van der Waals surface area contributed by atoms with Gasteiger partial charge in [-0.05, 0) is 74.7 Å². The van der Waals surface area contributed by atoms with E-state index in [2.05, 4.69) is 17.2 Å². The molecule has 6 nitrogen and oxygen atoms in total. The Morgan fingerprint density at radius 3 is 2.34 bits per heavy atom. The van der Waals surface area contributed by atoms with Gasteiger partial charge in [0.2, 0.25) is 10.0 Å². The second-order valence-corrected chi connectivity index (χ2v) is 12.9. The molecule has 4 saturated carbocycles. The van der Waals surface area contributed by atoms with Crippen molar-refractivity contribution in [1.29, 1.82) is 0 Å². The molecule has 160 valence electrons. The molecule has 1 aromatic rings. The van der Waals surface area contributed by atoms with Crippen LogP contribution in [0.4, 0.5) is 0 Å². The third kappa shape index (κ3) is 3.55. The Morgan fingerprint density at radius 2 is 1.76 bits per heavy atom. The smallest absolute Gasteiger partial charge is 0.267 e. The van der Waals surface area contributed by atoms with Gasteiger partial charge in [-0.2, -0.15) is 16.1 Å². The molecule has 2 heterocycles. The summed E-state index contributed by atoms with van der Waals surface area (Å²) >= 11 is 1.77. The maximum absolute atomic E-state index is 12.9. The van der Waals surface area contributed by atoms with Crippen molar-refractivity contribution in [1.82, 2.24) is 14.6 Å². The Bertz CT molecular complexity index is 853. The lowest BCUT2D eigenvalue weighted by Gasteiger charge is -2.59. The third-order valence-electron chi connectivity index (χ3n) is 7.86. The first-order chi connectivity index (χ1) is 13.9. The van der Waals surface area contributed by atoms with Crippen LogP contribution in [0.5, 0.6) is 0 Å². The van der Waals surface area contributed by atoms with Gasteiger partial charge in [-0.15, -0.1) is 0 Å². The Hall–Kier alpha value is -0.990. The number of carbonyl (C=O) groups is 1. The summed E-state index contributed by atoms with van der Waals surface area (Å²) in [6.45, 7) is 3.21. The first kappa shape index (κ1) is 19.9. The number of amides is 1. The van der Waals surface area contributed by atoms with Gasteiger partial charge in [-0.1, -0.05) is 0 Å². The van der Waals surface area contributed by atoms with Crippen LogP contribution in [-0.4, -0.2) is 54.3 Å². The standard InChI is InChI=1S/C21H31N3O3S2/c1-14(21-10-15-6-16(11-21)8-17(7-15)12-21)23-20(25)19-9-18(13-22-19)29(26,27)24-2-4-28-5-3-24/h9,13-17,22H,2-8,10-12H2,1H3,(H,23,25). The second kappa shape index (κ2) is 7.31. The summed E-state index contributed by atoms with van der Waals surface area (Å²) in [5.41, 5.74) is 0.573. The molecule has 6 rings (SSSR count). The monoisotopic (exact) mass is 437 g/mol. The molecule has 8 heteroatoms.